The number of nitrogens with two attached hydrogens (primary N) is 1. The Morgan fingerprint density at radius 2 is 1.27 bits per heavy atom. The number of aromatic amines is 3. The molecule has 8 rings (SSSR count). The molecule has 3 amide bonds. The van der Waals surface area contributed by atoms with E-state index in [0.717, 1.165) is 77.4 Å². The summed E-state index contributed by atoms with van der Waals surface area (Å²) < 4.78 is 5.21. The topological polar surface area (TPSA) is 195 Å². The lowest BCUT2D eigenvalue weighted by atomic mass is 10.0. The van der Waals surface area contributed by atoms with Gasteiger partial charge in [-0.2, -0.15) is 15.4 Å². The largest absolute Gasteiger partial charge is 0.436 e. The van der Waals surface area contributed by atoms with Crippen molar-refractivity contribution in [3.8, 4) is 33.6 Å². The number of rotatable bonds is 14. The summed E-state index contributed by atoms with van der Waals surface area (Å²) in [5.74, 6) is 1.25. The first-order valence-corrected chi connectivity index (χ1v) is 20.3. The second-order valence-corrected chi connectivity index (χ2v) is 15.0. The zero-order valence-corrected chi connectivity index (χ0v) is 33.3. The second-order valence-electron chi connectivity index (χ2n) is 15.0. The molecule has 304 valence electrons. The highest BCUT2D eigenvalue weighted by atomic mass is 16.6. The van der Waals surface area contributed by atoms with Gasteiger partial charge < -0.3 is 30.2 Å². The first kappa shape index (κ1) is 39.2. The number of aromatic nitrogens is 7. The standard InChI is InChI=1S/C44H49N11O4/c1-3-53(4-2)39(32-10-6-5-7-11-32)43(57)55-23-9-13-37(55)41-47-27-35(50-41)31-20-16-29(17-21-31)28-14-18-30(19-15-28)34-26-46-40(49-34)36-12-8-22-54(36)42(56)38(59-44(45)58)24-33-25-48-52-51-33/h5-7,10-11,14-21,25-27,36-39H,3-4,8-9,12-13,22-24H2,1-2H3,(H2,45,58)(H,46,49)(H,47,50)(H,48,51,52)/t36-,37-,38-,39+/m0/s1. The summed E-state index contributed by atoms with van der Waals surface area (Å²) in [6, 6.07) is 26.0. The summed E-state index contributed by atoms with van der Waals surface area (Å²) in [7, 11) is 0. The highest BCUT2D eigenvalue weighted by Gasteiger charge is 2.39. The summed E-state index contributed by atoms with van der Waals surface area (Å²) in [6.45, 7) is 6.99. The first-order valence-electron chi connectivity index (χ1n) is 20.3. The minimum Gasteiger partial charge on any atom is -0.436 e. The molecule has 0 spiro atoms. The van der Waals surface area contributed by atoms with Crippen LogP contribution < -0.4 is 5.73 Å². The summed E-state index contributed by atoms with van der Waals surface area (Å²) >= 11 is 0. The van der Waals surface area contributed by atoms with Gasteiger partial charge in [0.05, 0.1) is 47.8 Å². The van der Waals surface area contributed by atoms with Crippen LogP contribution in [0.4, 0.5) is 4.79 Å². The van der Waals surface area contributed by atoms with E-state index in [4.69, 9.17) is 15.5 Å². The van der Waals surface area contributed by atoms with Crippen LogP contribution in [0.5, 0.6) is 0 Å². The monoisotopic (exact) mass is 795 g/mol. The number of likely N-dealkylation sites (N-methyl/N-ethyl adjacent to an activating group) is 1. The van der Waals surface area contributed by atoms with Gasteiger partial charge in [-0.1, -0.05) is 92.7 Å². The van der Waals surface area contributed by atoms with Crippen molar-refractivity contribution in [1.29, 1.82) is 0 Å². The lowest BCUT2D eigenvalue weighted by Gasteiger charge is -2.34. The predicted molar refractivity (Wildman–Crippen MR) is 221 cm³/mol. The third-order valence-electron chi connectivity index (χ3n) is 11.5. The summed E-state index contributed by atoms with van der Waals surface area (Å²) in [6.07, 6.45) is 6.32. The van der Waals surface area contributed by atoms with Gasteiger partial charge in [0.15, 0.2) is 6.10 Å². The lowest BCUT2D eigenvalue weighted by molar-refractivity contribution is -0.141. The normalized spacial score (nSPS) is 17.7. The number of carbonyl (C=O) groups excluding carboxylic acids is 3. The third kappa shape index (κ3) is 8.37. The maximum absolute atomic E-state index is 14.2. The number of H-pyrrole nitrogens is 3. The van der Waals surface area contributed by atoms with Gasteiger partial charge >= 0.3 is 6.09 Å². The molecule has 0 bridgehead atoms. The van der Waals surface area contributed by atoms with Gasteiger partial charge in [0.1, 0.15) is 17.7 Å². The molecule has 2 saturated heterocycles. The minimum atomic E-state index is -1.12. The Morgan fingerprint density at radius 1 is 0.746 bits per heavy atom. The minimum absolute atomic E-state index is 0.0559. The number of primary amides is 1. The van der Waals surface area contributed by atoms with Crippen molar-refractivity contribution >= 4 is 17.9 Å². The van der Waals surface area contributed by atoms with Gasteiger partial charge in [-0.3, -0.25) is 14.5 Å². The van der Waals surface area contributed by atoms with E-state index in [9.17, 15) is 14.4 Å². The molecule has 15 heteroatoms. The maximum atomic E-state index is 14.2. The van der Waals surface area contributed by atoms with E-state index in [0.29, 0.717) is 31.0 Å². The van der Waals surface area contributed by atoms with Crippen molar-refractivity contribution in [2.45, 2.75) is 70.2 Å². The van der Waals surface area contributed by atoms with Crippen LogP contribution in [0.1, 0.15) is 80.6 Å². The Morgan fingerprint density at radius 3 is 1.76 bits per heavy atom. The Hall–Kier alpha value is -6.61. The first-order chi connectivity index (χ1) is 28.8. The molecule has 2 aliphatic heterocycles. The molecule has 15 nitrogen and oxygen atoms in total. The molecule has 5 N–H and O–H groups in total. The zero-order valence-electron chi connectivity index (χ0n) is 33.3. The molecule has 6 aromatic rings. The maximum Gasteiger partial charge on any atom is 0.405 e. The van der Waals surface area contributed by atoms with Gasteiger partial charge in [-0.15, -0.1) is 0 Å². The van der Waals surface area contributed by atoms with Crippen molar-refractivity contribution in [3.05, 3.63) is 120 Å². The van der Waals surface area contributed by atoms with E-state index in [1.165, 1.54) is 6.20 Å². The number of hydrogen-bond donors (Lipinski definition) is 4. The van der Waals surface area contributed by atoms with Crippen LogP contribution in [-0.4, -0.2) is 100 Å². The average Bonchev–Trinajstić information content (AvgIpc) is 4.12. The number of nitrogens with one attached hydrogen (secondary N) is 3. The molecule has 0 saturated carbocycles. The van der Waals surface area contributed by atoms with E-state index in [1.54, 1.807) is 11.1 Å². The molecule has 2 fully saturated rings. The van der Waals surface area contributed by atoms with Crippen LogP contribution in [0, 0.1) is 0 Å². The van der Waals surface area contributed by atoms with E-state index in [1.807, 2.05) is 53.6 Å². The Bertz CT molecular complexity index is 2340. The van der Waals surface area contributed by atoms with Crippen molar-refractivity contribution in [2.24, 2.45) is 5.73 Å². The van der Waals surface area contributed by atoms with E-state index in [2.05, 4.69) is 85.5 Å². The van der Waals surface area contributed by atoms with Gasteiger partial charge in [0.25, 0.3) is 5.91 Å². The number of carbonyl (C=O) groups is 3. The molecule has 0 radical (unpaired) electrons. The molecule has 4 atom stereocenters. The second kappa shape index (κ2) is 17.5. The summed E-state index contributed by atoms with van der Waals surface area (Å²) in [5, 5.41) is 10.3. The van der Waals surface area contributed by atoms with Gasteiger partial charge in [-0.25, -0.2) is 14.8 Å². The van der Waals surface area contributed by atoms with Crippen LogP contribution in [0.2, 0.25) is 0 Å². The molecular weight excluding hydrogens is 747 g/mol. The number of imidazole rings is 2. The van der Waals surface area contributed by atoms with Gasteiger partial charge in [0, 0.05) is 19.5 Å². The van der Waals surface area contributed by atoms with E-state index in [-0.39, 0.29) is 36.4 Å². The molecule has 59 heavy (non-hydrogen) atoms. The van der Waals surface area contributed by atoms with Crippen LogP contribution in [-0.2, 0) is 20.7 Å². The Kier molecular flexibility index (Phi) is 11.6. The van der Waals surface area contributed by atoms with Gasteiger partial charge in [0.2, 0.25) is 5.91 Å². The number of benzene rings is 3. The highest BCUT2D eigenvalue weighted by Crippen LogP contribution is 2.37. The van der Waals surface area contributed by atoms with Crippen molar-refractivity contribution in [2.75, 3.05) is 26.2 Å². The molecular formula is C44H49N11O4. The van der Waals surface area contributed by atoms with Crippen molar-refractivity contribution in [1.82, 2.24) is 50.0 Å². The number of likely N-dealkylation sites (tertiary alicyclic amines) is 2. The molecule has 2 aliphatic rings. The molecule has 5 heterocycles. The van der Waals surface area contributed by atoms with E-state index >= 15 is 0 Å². The van der Waals surface area contributed by atoms with Crippen LogP contribution in [0.15, 0.2) is 97.5 Å². The quantitative estimate of drug-likeness (QED) is 0.0969. The Labute approximate surface area is 342 Å². The number of hydrogen-bond acceptors (Lipinski definition) is 9. The molecule has 0 unspecified atom stereocenters. The third-order valence-corrected chi connectivity index (χ3v) is 11.5. The highest BCUT2D eigenvalue weighted by molar-refractivity contribution is 5.85. The zero-order chi connectivity index (χ0) is 40.9. The number of amides is 3. The van der Waals surface area contributed by atoms with Crippen molar-refractivity contribution < 1.29 is 19.1 Å². The fraction of sp³-hybridized carbons (Fsp3) is 0.341. The van der Waals surface area contributed by atoms with Crippen LogP contribution in [0.25, 0.3) is 33.6 Å². The lowest BCUT2D eigenvalue weighted by Crippen LogP contribution is -2.43. The molecule has 0 aliphatic carbocycles. The molecule has 3 aromatic carbocycles. The van der Waals surface area contributed by atoms with E-state index < -0.39 is 12.2 Å². The number of ether oxygens (including phenoxy) is 1. The summed E-state index contributed by atoms with van der Waals surface area (Å²) in [4.78, 5) is 61.8. The predicted octanol–water partition coefficient (Wildman–Crippen LogP) is 6.37. The fourth-order valence-corrected chi connectivity index (χ4v) is 8.53. The summed E-state index contributed by atoms with van der Waals surface area (Å²) in [5.41, 5.74) is 12.6. The smallest absolute Gasteiger partial charge is 0.405 e. The number of nitrogens with zero attached hydrogens (tertiary/aromatic N) is 7. The average molecular weight is 796 g/mol. The fourth-order valence-electron chi connectivity index (χ4n) is 8.53. The van der Waals surface area contributed by atoms with Crippen LogP contribution in [0.3, 0.4) is 0 Å². The molecule has 3 aromatic heterocycles. The van der Waals surface area contributed by atoms with Gasteiger partial charge in [-0.05, 0) is 66.6 Å². The van der Waals surface area contributed by atoms with Crippen LogP contribution >= 0.6 is 0 Å². The Balaban J connectivity index is 0.924. The SMILES string of the molecule is CCN(CC)[C@@H](C(=O)N1CCC[C@H]1c1ncc(-c2ccc(-c3ccc(-c4cnc([C@@H]5CCCN5C(=O)[C@H](Cc5cn[nH]n5)OC(N)=O)[nH]4)cc3)cc2)[nH]1)c1ccccc1. The van der Waals surface area contributed by atoms with Crippen molar-refractivity contribution in [3.63, 3.8) is 0 Å².